The van der Waals surface area contributed by atoms with Crippen molar-refractivity contribution >= 4 is 30.3 Å². The van der Waals surface area contributed by atoms with E-state index in [0.717, 1.165) is 5.56 Å². The molecule has 1 saturated heterocycles. The zero-order valence-electron chi connectivity index (χ0n) is 15.0. The van der Waals surface area contributed by atoms with Crippen molar-refractivity contribution in [2.45, 2.75) is 13.0 Å². The van der Waals surface area contributed by atoms with Gasteiger partial charge in [0.1, 0.15) is 0 Å². The Morgan fingerprint density at radius 1 is 1.14 bits per heavy atom. The molecule has 0 bridgehead atoms. The van der Waals surface area contributed by atoms with Gasteiger partial charge in [0.05, 0.1) is 18.4 Å². The molecule has 8 heteroatoms. The van der Waals surface area contributed by atoms with Crippen LogP contribution >= 0.6 is 0 Å². The molecule has 1 radical (unpaired) electrons. The zero-order chi connectivity index (χ0) is 19.9. The predicted octanol–water partition coefficient (Wildman–Crippen LogP) is 2.38. The summed E-state index contributed by atoms with van der Waals surface area (Å²) in [6.45, 7) is 0.780. The first-order valence-corrected chi connectivity index (χ1v) is 8.71. The molecule has 1 aliphatic heterocycles. The monoisotopic (exact) mass is 379 g/mol. The summed E-state index contributed by atoms with van der Waals surface area (Å²) in [4.78, 5) is 36.2. The van der Waals surface area contributed by atoms with Gasteiger partial charge in [-0.3, -0.25) is 9.69 Å². The zero-order valence-corrected chi connectivity index (χ0v) is 15.0. The maximum Gasteiger partial charge on any atom is 0.404 e. The van der Waals surface area contributed by atoms with Gasteiger partial charge in [-0.15, -0.1) is 0 Å². The van der Waals surface area contributed by atoms with Crippen molar-refractivity contribution in [2.75, 3.05) is 18.0 Å². The summed E-state index contributed by atoms with van der Waals surface area (Å²) in [5, 5.41) is 16.8. The average molecular weight is 379 g/mol. The van der Waals surface area contributed by atoms with Gasteiger partial charge in [-0.25, -0.2) is 14.6 Å². The highest BCUT2D eigenvalue weighted by Gasteiger charge is 2.32. The summed E-state index contributed by atoms with van der Waals surface area (Å²) in [7, 11) is 0. The number of carboxylic acid groups (broad SMARTS) is 1. The van der Waals surface area contributed by atoms with Gasteiger partial charge in [0.2, 0.25) is 6.29 Å². The highest BCUT2D eigenvalue weighted by atomic mass is 16.4. The summed E-state index contributed by atoms with van der Waals surface area (Å²) in [6.07, 6.45) is 2.30. The molecule has 1 fully saturated rings. The third kappa shape index (κ3) is 4.35. The molecule has 2 aromatic rings. The van der Waals surface area contributed by atoms with Crippen LogP contribution < -0.4 is 10.2 Å². The Kier molecular flexibility index (Phi) is 6.01. The quantitative estimate of drug-likeness (QED) is 0.721. The van der Waals surface area contributed by atoms with Gasteiger partial charge in [0.15, 0.2) is 0 Å². The number of benzene rings is 2. The van der Waals surface area contributed by atoms with E-state index in [0.29, 0.717) is 29.9 Å². The number of nitrogens with one attached hydrogen (secondary N) is 1. The number of urea groups is 1. The van der Waals surface area contributed by atoms with E-state index in [4.69, 9.17) is 5.11 Å². The molecule has 0 atom stereocenters. The van der Waals surface area contributed by atoms with Gasteiger partial charge in [-0.1, -0.05) is 48.5 Å². The molecule has 2 N–H and O–H groups in total. The number of para-hydroxylation sites is 1. The Bertz CT molecular complexity index is 898. The molecule has 143 valence electrons. The standard InChI is InChI=1S/C20H19N4O4/c25-12-9-16-7-4-8-17(14-21-19(26)27)18(16)23-10-11-24(20(23)28)22-13-15-5-2-1-3-6-15/h1-8,13,21H,9-11,14H2,(H,26,27)/b22-13+. The highest BCUT2D eigenvalue weighted by Crippen LogP contribution is 2.29. The summed E-state index contributed by atoms with van der Waals surface area (Å²) in [5.41, 5.74) is 2.62. The highest BCUT2D eigenvalue weighted by molar-refractivity contribution is 5.96. The summed E-state index contributed by atoms with van der Waals surface area (Å²) in [6, 6.07) is 14.3. The van der Waals surface area contributed by atoms with Crippen LogP contribution in [0, 0.1) is 0 Å². The van der Waals surface area contributed by atoms with Crippen molar-refractivity contribution in [1.29, 1.82) is 0 Å². The summed E-state index contributed by atoms with van der Waals surface area (Å²) < 4.78 is 0. The van der Waals surface area contributed by atoms with Gasteiger partial charge in [0.25, 0.3) is 0 Å². The first-order chi connectivity index (χ1) is 13.6. The van der Waals surface area contributed by atoms with E-state index < -0.39 is 6.09 Å². The van der Waals surface area contributed by atoms with Crippen LogP contribution in [-0.4, -0.2) is 47.8 Å². The van der Waals surface area contributed by atoms with Crippen molar-refractivity contribution in [1.82, 2.24) is 10.3 Å². The van der Waals surface area contributed by atoms with Gasteiger partial charge in [0, 0.05) is 19.5 Å². The number of anilines is 1. The Hall–Kier alpha value is -3.68. The lowest BCUT2D eigenvalue weighted by Gasteiger charge is -2.22. The minimum absolute atomic E-state index is 0.00725. The summed E-state index contributed by atoms with van der Waals surface area (Å²) in [5.74, 6) is 0. The maximum absolute atomic E-state index is 12.9. The number of hydrogen-bond donors (Lipinski definition) is 2. The number of carbonyl (C=O) groups is 2. The first-order valence-electron chi connectivity index (χ1n) is 8.71. The van der Waals surface area contributed by atoms with E-state index in [1.165, 1.54) is 9.91 Å². The van der Waals surface area contributed by atoms with Crippen LogP contribution in [-0.2, 0) is 17.8 Å². The molecule has 0 aromatic heterocycles. The van der Waals surface area contributed by atoms with E-state index in [1.807, 2.05) is 36.6 Å². The second-order valence-corrected chi connectivity index (χ2v) is 6.12. The first kappa shape index (κ1) is 19.1. The van der Waals surface area contributed by atoms with Gasteiger partial charge >= 0.3 is 12.1 Å². The molecule has 28 heavy (non-hydrogen) atoms. The van der Waals surface area contributed by atoms with Crippen molar-refractivity contribution in [2.24, 2.45) is 5.10 Å². The molecular formula is C20H19N4O4. The molecule has 0 aliphatic carbocycles. The topological polar surface area (TPSA) is 102 Å². The number of amides is 3. The van der Waals surface area contributed by atoms with Crippen LogP contribution in [0.2, 0.25) is 0 Å². The van der Waals surface area contributed by atoms with Crippen LogP contribution in [0.5, 0.6) is 0 Å². The fraction of sp³-hybridized carbons (Fsp3) is 0.200. The molecule has 3 amide bonds. The number of nitrogens with zero attached hydrogens (tertiary/aromatic N) is 3. The largest absolute Gasteiger partial charge is 0.465 e. The number of rotatable bonds is 7. The van der Waals surface area contributed by atoms with E-state index >= 15 is 0 Å². The smallest absolute Gasteiger partial charge is 0.404 e. The number of hydrazone groups is 1. The van der Waals surface area contributed by atoms with Crippen LogP contribution in [0.15, 0.2) is 53.6 Å². The van der Waals surface area contributed by atoms with Gasteiger partial charge < -0.3 is 10.4 Å². The molecule has 0 unspecified atom stereocenters. The second-order valence-electron chi connectivity index (χ2n) is 6.12. The van der Waals surface area contributed by atoms with Gasteiger partial charge in [-0.2, -0.15) is 5.10 Å². The van der Waals surface area contributed by atoms with Crippen LogP contribution in [0.25, 0.3) is 0 Å². The second kappa shape index (κ2) is 8.81. The molecule has 0 saturated carbocycles. The van der Waals surface area contributed by atoms with E-state index in [2.05, 4.69) is 10.4 Å². The average Bonchev–Trinajstić information content (AvgIpc) is 3.06. The summed E-state index contributed by atoms with van der Waals surface area (Å²) >= 11 is 0. The lowest BCUT2D eigenvalue weighted by atomic mass is 10.0. The predicted molar refractivity (Wildman–Crippen MR) is 104 cm³/mol. The van der Waals surface area contributed by atoms with E-state index in [9.17, 15) is 14.4 Å². The number of hydrogen-bond acceptors (Lipinski definition) is 4. The number of carbonyl (C=O) groups excluding carboxylic acids is 2. The fourth-order valence-corrected chi connectivity index (χ4v) is 3.04. The molecule has 2 aromatic carbocycles. The lowest BCUT2D eigenvalue weighted by Crippen LogP contribution is -2.31. The van der Waals surface area contributed by atoms with Gasteiger partial charge in [-0.05, 0) is 16.7 Å². The molecule has 0 spiro atoms. The molecular weight excluding hydrogens is 360 g/mol. The minimum Gasteiger partial charge on any atom is -0.465 e. The van der Waals surface area contributed by atoms with Crippen molar-refractivity contribution in [3.05, 3.63) is 65.2 Å². The lowest BCUT2D eigenvalue weighted by molar-refractivity contribution is 0.194. The van der Waals surface area contributed by atoms with Crippen molar-refractivity contribution < 1.29 is 19.5 Å². The Balaban J connectivity index is 1.86. The third-order valence-electron chi connectivity index (χ3n) is 4.30. The van der Waals surface area contributed by atoms with Crippen LogP contribution in [0.1, 0.15) is 16.7 Å². The Morgan fingerprint density at radius 2 is 1.89 bits per heavy atom. The molecule has 1 aliphatic rings. The molecule has 8 nitrogen and oxygen atoms in total. The maximum atomic E-state index is 12.9. The third-order valence-corrected chi connectivity index (χ3v) is 4.30. The Morgan fingerprint density at radius 3 is 2.61 bits per heavy atom. The van der Waals surface area contributed by atoms with Crippen molar-refractivity contribution in [3.8, 4) is 0 Å². The molecule has 3 rings (SSSR count). The van der Waals surface area contributed by atoms with E-state index in [1.54, 1.807) is 24.4 Å². The van der Waals surface area contributed by atoms with Crippen molar-refractivity contribution in [3.63, 3.8) is 0 Å². The minimum atomic E-state index is -1.17. The van der Waals surface area contributed by atoms with E-state index in [-0.39, 0.29) is 19.0 Å². The van der Waals surface area contributed by atoms with Crippen LogP contribution in [0.3, 0.4) is 0 Å². The SMILES string of the molecule is O=[C]Cc1cccc(CNC(=O)O)c1N1CCN(/N=C/c2ccccc2)C1=O. The van der Waals surface area contributed by atoms with Crippen LogP contribution in [0.4, 0.5) is 15.3 Å². The molecule has 1 heterocycles. The normalized spacial score (nSPS) is 13.9. The fourth-order valence-electron chi connectivity index (χ4n) is 3.04. The Labute approximate surface area is 162 Å².